The minimum Gasteiger partial charge on any atom is -0.341 e. The zero-order valence-corrected chi connectivity index (χ0v) is 9.23. The van der Waals surface area contributed by atoms with E-state index >= 15 is 0 Å². The fourth-order valence-corrected chi connectivity index (χ4v) is 1.61. The minimum absolute atomic E-state index is 0.193. The average Bonchev–Trinajstić information content (AvgIpc) is 2.56. The maximum Gasteiger partial charge on any atom is 0.314 e. The number of amides is 2. The Morgan fingerprint density at radius 2 is 2.50 bits per heavy atom. The highest BCUT2D eigenvalue weighted by Crippen LogP contribution is 2.09. The van der Waals surface area contributed by atoms with Gasteiger partial charge in [0.15, 0.2) is 0 Å². The van der Waals surface area contributed by atoms with Crippen LogP contribution in [0.4, 0.5) is 4.79 Å². The van der Waals surface area contributed by atoms with Gasteiger partial charge in [0.1, 0.15) is 0 Å². The number of nitrogens with one attached hydrogen (secondary N) is 2. The second-order valence-corrected chi connectivity index (χ2v) is 3.59. The largest absolute Gasteiger partial charge is 0.341 e. The number of nitrogens with zero attached hydrogens (tertiary/aromatic N) is 3. The lowest BCUT2D eigenvalue weighted by molar-refractivity contribution is 0.242. The first-order chi connectivity index (χ1) is 7.79. The van der Waals surface area contributed by atoms with Crippen LogP contribution in [0, 0.1) is 0 Å². The summed E-state index contributed by atoms with van der Waals surface area (Å²) in [5.41, 5.74) is 1.97. The molecule has 0 bridgehead atoms. The number of hydrogen-bond acceptors (Lipinski definition) is 3. The summed E-state index contributed by atoms with van der Waals surface area (Å²) in [7, 11) is 1.59. The Bertz CT molecular complexity index is 409. The molecule has 2 N–H and O–H groups in total. The fourth-order valence-electron chi connectivity index (χ4n) is 1.61. The number of urea groups is 1. The van der Waals surface area contributed by atoms with Crippen molar-refractivity contribution in [3.05, 3.63) is 17.5 Å². The fraction of sp³-hybridized carbons (Fsp3) is 0.500. The first-order valence-corrected chi connectivity index (χ1v) is 5.29. The lowest BCUT2D eigenvalue weighted by Gasteiger charge is -2.01. The number of carbonyl (C=O) groups is 1. The summed E-state index contributed by atoms with van der Waals surface area (Å²) in [4.78, 5) is 15.3. The summed E-state index contributed by atoms with van der Waals surface area (Å²) >= 11 is 0. The van der Waals surface area contributed by atoms with Gasteiger partial charge in [-0.15, -0.1) is 0 Å². The molecule has 6 heteroatoms. The molecule has 0 aromatic carbocycles. The molecule has 16 heavy (non-hydrogen) atoms. The van der Waals surface area contributed by atoms with Crippen LogP contribution in [0.15, 0.2) is 11.1 Å². The van der Waals surface area contributed by atoms with Crippen LogP contribution >= 0.6 is 0 Å². The Labute approximate surface area is 93.7 Å². The molecule has 0 atom stereocenters. The molecule has 0 spiro atoms. The smallest absolute Gasteiger partial charge is 0.314 e. The van der Waals surface area contributed by atoms with Crippen molar-refractivity contribution >= 4 is 12.2 Å². The number of fused-ring (bicyclic) bond motifs is 1. The zero-order chi connectivity index (χ0) is 11.4. The van der Waals surface area contributed by atoms with E-state index < -0.39 is 0 Å². The summed E-state index contributed by atoms with van der Waals surface area (Å²) in [6, 6.07) is 1.79. The molecule has 1 aliphatic rings. The van der Waals surface area contributed by atoms with Crippen molar-refractivity contribution in [1.29, 1.82) is 0 Å². The van der Waals surface area contributed by atoms with Crippen molar-refractivity contribution in [2.45, 2.75) is 26.1 Å². The molecule has 1 aliphatic heterocycles. The number of hydrogen-bond donors (Lipinski definition) is 2. The number of aromatic nitrogens is 2. The predicted molar refractivity (Wildman–Crippen MR) is 60.3 cm³/mol. The van der Waals surface area contributed by atoms with Gasteiger partial charge in [0.05, 0.1) is 24.5 Å². The third-order valence-corrected chi connectivity index (χ3v) is 2.42. The van der Waals surface area contributed by atoms with E-state index in [-0.39, 0.29) is 6.03 Å². The second kappa shape index (κ2) is 4.78. The molecule has 0 unspecified atom stereocenters. The van der Waals surface area contributed by atoms with E-state index in [9.17, 15) is 4.79 Å². The van der Waals surface area contributed by atoms with Crippen LogP contribution < -0.4 is 10.6 Å². The van der Waals surface area contributed by atoms with Gasteiger partial charge in [0.2, 0.25) is 0 Å². The molecular formula is C10H15N5O. The Hall–Kier alpha value is -1.85. The van der Waals surface area contributed by atoms with E-state index in [1.165, 1.54) is 0 Å². The van der Waals surface area contributed by atoms with Crippen molar-refractivity contribution in [2.24, 2.45) is 4.99 Å². The van der Waals surface area contributed by atoms with Gasteiger partial charge in [-0.25, -0.2) is 4.79 Å². The highest BCUT2D eigenvalue weighted by Gasteiger charge is 2.09. The highest BCUT2D eigenvalue weighted by atomic mass is 16.2. The van der Waals surface area contributed by atoms with Crippen LogP contribution in [0.2, 0.25) is 0 Å². The van der Waals surface area contributed by atoms with Gasteiger partial charge in [0.25, 0.3) is 0 Å². The standard InChI is InChI=1S/C10H15N5O/c1-11-10(16)13-6-8-5-9-7-12-3-2-4-15(9)14-8/h3,5H,2,4,6-7H2,1H3,(H2,11,13,16). The number of carbonyl (C=O) groups excluding carboxylic acids is 1. The normalized spacial score (nSPS) is 14.1. The quantitative estimate of drug-likeness (QED) is 0.753. The van der Waals surface area contributed by atoms with E-state index in [1.807, 2.05) is 17.0 Å². The molecule has 2 rings (SSSR count). The second-order valence-electron chi connectivity index (χ2n) is 3.59. The molecule has 2 amide bonds. The van der Waals surface area contributed by atoms with E-state index in [2.05, 4.69) is 20.7 Å². The van der Waals surface area contributed by atoms with Gasteiger partial charge in [0, 0.05) is 26.2 Å². The Morgan fingerprint density at radius 3 is 3.31 bits per heavy atom. The number of aryl methyl sites for hydroxylation is 1. The van der Waals surface area contributed by atoms with Crippen LogP contribution in [0.25, 0.3) is 0 Å². The zero-order valence-electron chi connectivity index (χ0n) is 9.23. The summed E-state index contributed by atoms with van der Waals surface area (Å²) in [6.07, 6.45) is 2.84. The number of rotatable bonds is 2. The summed E-state index contributed by atoms with van der Waals surface area (Å²) < 4.78 is 1.95. The number of aliphatic imine (C=N–C) groups is 1. The molecule has 2 heterocycles. The molecule has 0 saturated carbocycles. The summed E-state index contributed by atoms with van der Waals surface area (Å²) in [5.74, 6) is 0. The molecule has 0 aliphatic carbocycles. The van der Waals surface area contributed by atoms with Gasteiger partial charge in [-0.1, -0.05) is 0 Å². The first-order valence-electron chi connectivity index (χ1n) is 5.29. The van der Waals surface area contributed by atoms with Gasteiger partial charge in [-0.05, 0) is 6.07 Å². The Morgan fingerprint density at radius 1 is 1.62 bits per heavy atom. The summed E-state index contributed by atoms with van der Waals surface area (Å²) in [6.45, 7) is 1.98. The van der Waals surface area contributed by atoms with E-state index in [0.717, 1.165) is 24.4 Å². The van der Waals surface area contributed by atoms with Crippen LogP contribution in [-0.4, -0.2) is 29.1 Å². The van der Waals surface area contributed by atoms with Gasteiger partial charge in [-0.2, -0.15) is 5.10 Å². The van der Waals surface area contributed by atoms with Crippen molar-refractivity contribution in [2.75, 3.05) is 7.05 Å². The lowest BCUT2D eigenvalue weighted by atomic mass is 10.3. The monoisotopic (exact) mass is 221 g/mol. The molecule has 6 nitrogen and oxygen atoms in total. The van der Waals surface area contributed by atoms with Crippen LogP contribution in [0.5, 0.6) is 0 Å². The Kier molecular flexibility index (Phi) is 3.19. The van der Waals surface area contributed by atoms with Crippen molar-refractivity contribution in [3.63, 3.8) is 0 Å². The van der Waals surface area contributed by atoms with Crippen LogP contribution in [0.1, 0.15) is 17.8 Å². The van der Waals surface area contributed by atoms with Crippen LogP contribution in [0.3, 0.4) is 0 Å². The Balaban J connectivity index is 2.01. The van der Waals surface area contributed by atoms with Gasteiger partial charge in [-0.3, -0.25) is 9.67 Å². The molecule has 86 valence electrons. The maximum absolute atomic E-state index is 11.0. The average molecular weight is 221 g/mol. The van der Waals surface area contributed by atoms with E-state index in [0.29, 0.717) is 13.1 Å². The topological polar surface area (TPSA) is 71.3 Å². The molecular weight excluding hydrogens is 206 g/mol. The molecule has 0 radical (unpaired) electrons. The minimum atomic E-state index is -0.193. The van der Waals surface area contributed by atoms with Crippen molar-refractivity contribution in [1.82, 2.24) is 20.4 Å². The lowest BCUT2D eigenvalue weighted by Crippen LogP contribution is -2.32. The van der Waals surface area contributed by atoms with Gasteiger partial charge >= 0.3 is 6.03 Å². The third kappa shape index (κ3) is 2.39. The molecule has 1 aromatic rings. The van der Waals surface area contributed by atoms with Gasteiger partial charge < -0.3 is 10.6 Å². The predicted octanol–water partition coefficient (Wildman–Crippen LogP) is 0.287. The SMILES string of the molecule is CNC(=O)NCc1cc2n(n1)CCC=NC2. The van der Waals surface area contributed by atoms with Crippen molar-refractivity contribution in [3.8, 4) is 0 Å². The van der Waals surface area contributed by atoms with E-state index in [1.54, 1.807) is 7.05 Å². The molecule has 0 fully saturated rings. The van der Waals surface area contributed by atoms with Crippen molar-refractivity contribution < 1.29 is 4.79 Å². The summed E-state index contributed by atoms with van der Waals surface area (Å²) in [5, 5.41) is 9.62. The third-order valence-electron chi connectivity index (χ3n) is 2.42. The van der Waals surface area contributed by atoms with E-state index in [4.69, 9.17) is 0 Å². The maximum atomic E-state index is 11.0. The first kappa shape index (κ1) is 10.7. The molecule has 0 saturated heterocycles. The van der Waals surface area contributed by atoms with Crippen LogP contribution in [-0.2, 0) is 19.6 Å². The molecule has 1 aromatic heterocycles. The highest BCUT2D eigenvalue weighted by molar-refractivity contribution is 5.73.